The molecule has 0 radical (unpaired) electrons. The van der Waals surface area contributed by atoms with Crippen LogP contribution < -0.4 is 5.32 Å². The molecule has 1 amide bonds. The zero-order chi connectivity index (χ0) is 22.6. The third kappa shape index (κ3) is 9.12. The summed E-state index contributed by atoms with van der Waals surface area (Å²) in [7, 11) is 0. The van der Waals surface area contributed by atoms with Crippen molar-refractivity contribution in [1.29, 1.82) is 0 Å². The van der Waals surface area contributed by atoms with Crippen LogP contribution in [-0.2, 0) is 16.0 Å². The molecule has 1 fully saturated rings. The second-order valence-corrected chi connectivity index (χ2v) is 9.58. The Balaban J connectivity index is 1.78. The molecule has 168 valence electrons. The first-order chi connectivity index (χ1) is 14.9. The van der Waals surface area contributed by atoms with Gasteiger partial charge in [-0.25, -0.2) is 0 Å². The van der Waals surface area contributed by atoms with Crippen LogP contribution in [0.4, 0.5) is 0 Å². The van der Waals surface area contributed by atoms with E-state index < -0.39 is 11.2 Å². The van der Waals surface area contributed by atoms with Crippen LogP contribution in [0.3, 0.4) is 0 Å². The molecular formula is C24H33N3O3S. The number of amides is 1. The van der Waals surface area contributed by atoms with E-state index in [1.54, 1.807) is 29.8 Å². The summed E-state index contributed by atoms with van der Waals surface area (Å²) in [6.07, 6.45) is 12.9. The summed E-state index contributed by atoms with van der Waals surface area (Å²) in [6, 6.07) is 1.62. The summed E-state index contributed by atoms with van der Waals surface area (Å²) in [5, 5.41) is 14.4. The molecule has 2 rings (SSSR count). The van der Waals surface area contributed by atoms with E-state index in [2.05, 4.69) is 35.6 Å². The number of nitrogens with one attached hydrogen (secondary N) is 1. The standard InChI is InChI=1S/C24H33N3O3S/c1-4-20(16-26-24(29)8-7-21-9-12-25-17-23(21)28)6-5-15-31(30)22-10-13-27(14-11-22)18-19(2)3/h4-9,12,15,17,19,22,28H,1,10-11,13-14,16,18H2,2-3H3,(H,26,29)/b8-7+,15-5+,20-6+. The van der Waals surface area contributed by atoms with Crippen molar-refractivity contribution in [3.63, 3.8) is 0 Å². The van der Waals surface area contributed by atoms with Crippen molar-refractivity contribution in [2.45, 2.75) is 31.9 Å². The van der Waals surface area contributed by atoms with Crippen molar-refractivity contribution < 1.29 is 14.5 Å². The van der Waals surface area contributed by atoms with Crippen LogP contribution in [-0.4, -0.2) is 56.9 Å². The molecule has 0 saturated carbocycles. The average molecular weight is 444 g/mol. The predicted molar refractivity (Wildman–Crippen MR) is 128 cm³/mol. The Labute approximate surface area is 188 Å². The minimum Gasteiger partial charge on any atom is -0.612 e. The lowest BCUT2D eigenvalue weighted by Crippen LogP contribution is -2.40. The molecule has 1 unspecified atom stereocenters. The third-order valence-electron chi connectivity index (χ3n) is 4.99. The summed E-state index contributed by atoms with van der Waals surface area (Å²) in [6.45, 7) is 11.6. The zero-order valence-electron chi connectivity index (χ0n) is 18.4. The second-order valence-electron chi connectivity index (χ2n) is 7.98. The zero-order valence-corrected chi connectivity index (χ0v) is 19.2. The molecule has 1 atom stereocenters. The molecule has 2 N–H and O–H groups in total. The molecule has 1 aliphatic heterocycles. The molecule has 2 heterocycles. The van der Waals surface area contributed by atoms with Crippen LogP contribution in [0, 0.1) is 5.92 Å². The monoisotopic (exact) mass is 443 g/mol. The maximum atomic E-state index is 12.6. The number of hydrogen-bond donors (Lipinski definition) is 2. The van der Waals surface area contributed by atoms with Crippen molar-refractivity contribution in [2.75, 3.05) is 26.2 Å². The largest absolute Gasteiger partial charge is 0.612 e. The lowest BCUT2D eigenvalue weighted by atomic mass is 10.1. The first-order valence-corrected chi connectivity index (χ1v) is 11.9. The molecule has 6 nitrogen and oxygen atoms in total. The minimum atomic E-state index is -1.01. The molecule has 0 aliphatic carbocycles. The van der Waals surface area contributed by atoms with Gasteiger partial charge < -0.3 is 19.9 Å². The fraction of sp³-hybridized carbons (Fsp3) is 0.417. The number of carbonyl (C=O) groups is 1. The maximum Gasteiger partial charge on any atom is 0.244 e. The van der Waals surface area contributed by atoms with E-state index in [4.69, 9.17) is 0 Å². The van der Waals surface area contributed by atoms with Crippen molar-refractivity contribution in [3.8, 4) is 5.75 Å². The predicted octanol–water partition coefficient (Wildman–Crippen LogP) is 3.41. The van der Waals surface area contributed by atoms with Gasteiger partial charge in [-0.3, -0.25) is 9.78 Å². The van der Waals surface area contributed by atoms with Gasteiger partial charge in [0.25, 0.3) is 0 Å². The molecule has 31 heavy (non-hydrogen) atoms. The van der Waals surface area contributed by atoms with Gasteiger partial charge >= 0.3 is 0 Å². The molecule has 7 heteroatoms. The number of piperidine rings is 1. The van der Waals surface area contributed by atoms with Gasteiger partial charge in [0.05, 0.1) is 6.20 Å². The normalized spacial score (nSPS) is 17.5. The van der Waals surface area contributed by atoms with E-state index in [0.717, 1.165) is 38.0 Å². The quantitative estimate of drug-likeness (QED) is 0.329. The number of hydrogen-bond acceptors (Lipinski definition) is 5. The molecule has 0 bridgehead atoms. The molecule has 1 aliphatic rings. The van der Waals surface area contributed by atoms with Crippen LogP contribution in [0.2, 0.25) is 0 Å². The highest BCUT2D eigenvalue weighted by Gasteiger charge is 2.26. The number of rotatable bonds is 10. The fourth-order valence-electron chi connectivity index (χ4n) is 3.34. The van der Waals surface area contributed by atoms with Gasteiger partial charge in [0.1, 0.15) is 16.4 Å². The number of aromatic nitrogens is 1. The first kappa shape index (κ1) is 24.9. The highest BCUT2D eigenvalue weighted by molar-refractivity contribution is 7.94. The van der Waals surface area contributed by atoms with E-state index in [1.165, 1.54) is 18.3 Å². The number of likely N-dealkylation sites (tertiary alicyclic amines) is 1. The van der Waals surface area contributed by atoms with E-state index in [1.807, 2.05) is 6.08 Å². The van der Waals surface area contributed by atoms with Gasteiger partial charge in [-0.1, -0.05) is 32.6 Å². The lowest BCUT2D eigenvalue weighted by molar-refractivity contribution is -0.116. The smallest absolute Gasteiger partial charge is 0.244 e. The Morgan fingerprint density at radius 1 is 1.45 bits per heavy atom. The fourth-order valence-corrected chi connectivity index (χ4v) is 4.47. The third-order valence-corrected chi connectivity index (χ3v) is 6.54. The molecule has 1 aromatic rings. The average Bonchev–Trinajstić information content (AvgIpc) is 2.75. The molecule has 0 spiro atoms. The molecule has 1 aromatic heterocycles. The van der Waals surface area contributed by atoms with Gasteiger partial charge in [-0.2, -0.15) is 0 Å². The van der Waals surface area contributed by atoms with Crippen LogP contribution in [0.25, 0.3) is 6.08 Å². The van der Waals surface area contributed by atoms with Gasteiger partial charge in [-0.05, 0) is 40.9 Å². The maximum absolute atomic E-state index is 12.6. The summed E-state index contributed by atoms with van der Waals surface area (Å²) >= 11 is -1.01. The number of nitrogens with zero attached hydrogens (tertiary/aromatic N) is 2. The van der Waals surface area contributed by atoms with E-state index >= 15 is 0 Å². The van der Waals surface area contributed by atoms with Crippen LogP contribution in [0.1, 0.15) is 32.3 Å². The van der Waals surface area contributed by atoms with E-state index in [9.17, 15) is 14.5 Å². The highest BCUT2D eigenvalue weighted by atomic mass is 32.2. The van der Waals surface area contributed by atoms with Crippen molar-refractivity contribution in [1.82, 2.24) is 15.2 Å². The molecular weight excluding hydrogens is 410 g/mol. The summed E-state index contributed by atoms with van der Waals surface area (Å²) in [4.78, 5) is 18.2. The number of pyridine rings is 1. The van der Waals surface area contributed by atoms with E-state index in [0.29, 0.717) is 18.0 Å². The van der Waals surface area contributed by atoms with Crippen molar-refractivity contribution in [3.05, 3.63) is 65.9 Å². The van der Waals surface area contributed by atoms with Gasteiger partial charge in [0.2, 0.25) is 5.91 Å². The van der Waals surface area contributed by atoms with Crippen molar-refractivity contribution >= 4 is 23.2 Å². The number of aromatic hydroxyl groups is 1. The van der Waals surface area contributed by atoms with Gasteiger partial charge in [0, 0.05) is 56.9 Å². The topological polar surface area (TPSA) is 88.5 Å². The van der Waals surface area contributed by atoms with Crippen molar-refractivity contribution in [2.24, 2.45) is 5.92 Å². The van der Waals surface area contributed by atoms with Gasteiger partial charge in [-0.15, -0.1) is 0 Å². The summed E-state index contributed by atoms with van der Waals surface area (Å²) < 4.78 is 12.6. The Hall–Kier alpha value is -2.35. The Morgan fingerprint density at radius 2 is 2.19 bits per heavy atom. The van der Waals surface area contributed by atoms with Gasteiger partial charge in [0.15, 0.2) is 0 Å². The number of allylic oxidation sites excluding steroid dienone is 2. The number of carbonyl (C=O) groups excluding carboxylic acids is 1. The molecule has 0 aromatic carbocycles. The minimum absolute atomic E-state index is 0.0157. The summed E-state index contributed by atoms with van der Waals surface area (Å²) in [5.74, 6) is 0.384. The highest BCUT2D eigenvalue weighted by Crippen LogP contribution is 2.20. The lowest BCUT2D eigenvalue weighted by Gasteiger charge is -2.32. The SMILES string of the molecule is C=C/C(=C\C=C\[S+]([O-])C1CCN(CC(C)C)CC1)CNC(=O)/C=C/c1ccncc1O. The molecule has 1 saturated heterocycles. The Kier molecular flexibility index (Phi) is 10.6. The summed E-state index contributed by atoms with van der Waals surface area (Å²) in [5.41, 5.74) is 1.33. The van der Waals surface area contributed by atoms with Crippen LogP contribution in [0.15, 0.2) is 60.3 Å². The Morgan fingerprint density at radius 3 is 2.84 bits per heavy atom. The van der Waals surface area contributed by atoms with Crippen LogP contribution >= 0.6 is 0 Å². The van der Waals surface area contributed by atoms with E-state index in [-0.39, 0.29) is 16.9 Å². The Bertz CT molecular complexity index is 812. The first-order valence-electron chi connectivity index (χ1n) is 10.6. The second kappa shape index (κ2) is 13.1. The van der Waals surface area contributed by atoms with Crippen LogP contribution in [0.5, 0.6) is 5.75 Å².